The van der Waals surface area contributed by atoms with Crippen LogP contribution in [0.1, 0.15) is 12.1 Å². The molecule has 0 aliphatic carbocycles. The zero-order chi connectivity index (χ0) is 23.0. The first kappa shape index (κ1) is 23.6. The van der Waals surface area contributed by atoms with Crippen molar-refractivity contribution < 1.29 is 26.7 Å². The number of aliphatic hydroxyl groups is 1. The van der Waals surface area contributed by atoms with Crippen molar-refractivity contribution >= 4 is 33.2 Å². The van der Waals surface area contributed by atoms with Gasteiger partial charge in [0, 0.05) is 34.9 Å². The number of primary sulfonamides is 1. The van der Waals surface area contributed by atoms with Crippen molar-refractivity contribution in [1.29, 1.82) is 0 Å². The minimum atomic E-state index is -4.87. The summed E-state index contributed by atoms with van der Waals surface area (Å²) >= 11 is 12.1. The zero-order valence-corrected chi connectivity index (χ0v) is 18.0. The quantitative estimate of drug-likeness (QED) is 0.525. The van der Waals surface area contributed by atoms with Gasteiger partial charge in [0.1, 0.15) is 5.69 Å². The number of hydrogen-bond acceptors (Lipinski definition) is 4. The fourth-order valence-electron chi connectivity index (χ4n) is 3.18. The van der Waals surface area contributed by atoms with Crippen LogP contribution in [0.4, 0.5) is 13.2 Å². The van der Waals surface area contributed by atoms with Crippen LogP contribution in [0.15, 0.2) is 47.4 Å². The van der Waals surface area contributed by atoms with Crippen LogP contribution in [0.3, 0.4) is 0 Å². The lowest BCUT2D eigenvalue weighted by Gasteiger charge is -2.14. The summed E-state index contributed by atoms with van der Waals surface area (Å²) in [6.45, 7) is -0.627. The molecule has 0 aliphatic heterocycles. The molecule has 0 bridgehead atoms. The van der Waals surface area contributed by atoms with Crippen molar-refractivity contribution in [2.75, 3.05) is 6.61 Å². The number of rotatable bonds is 6. The van der Waals surface area contributed by atoms with Gasteiger partial charge in [0.05, 0.1) is 9.92 Å². The van der Waals surface area contributed by atoms with Gasteiger partial charge in [-0.1, -0.05) is 47.5 Å². The van der Waals surface area contributed by atoms with Gasteiger partial charge in [-0.3, -0.25) is 4.68 Å². The molecule has 3 rings (SSSR count). The summed E-state index contributed by atoms with van der Waals surface area (Å²) in [5.74, 6) is 0. The van der Waals surface area contributed by atoms with Crippen LogP contribution in [0.5, 0.6) is 0 Å². The van der Waals surface area contributed by atoms with Crippen LogP contribution in [0.2, 0.25) is 10.0 Å². The van der Waals surface area contributed by atoms with Gasteiger partial charge in [-0.15, -0.1) is 0 Å². The van der Waals surface area contributed by atoms with Crippen molar-refractivity contribution in [2.45, 2.75) is 24.0 Å². The highest BCUT2D eigenvalue weighted by atomic mass is 35.5. The number of halogens is 5. The Balaban J connectivity index is 2.46. The van der Waals surface area contributed by atoms with E-state index in [9.17, 15) is 21.6 Å². The lowest BCUT2D eigenvalue weighted by molar-refractivity contribution is -0.143. The molecule has 0 fully saturated rings. The maximum absolute atomic E-state index is 14.2. The molecule has 0 aliphatic rings. The van der Waals surface area contributed by atoms with E-state index in [1.54, 1.807) is 0 Å². The number of sulfonamides is 1. The molecule has 3 N–H and O–H groups in total. The molecule has 2 aromatic carbocycles. The van der Waals surface area contributed by atoms with Crippen LogP contribution in [0.25, 0.3) is 22.4 Å². The fourth-order valence-corrected chi connectivity index (χ4v) is 4.42. The standard InChI is InChI=1S/C19H16Cl2F3N3O3S/c20-11-6-7-12(14(21)10-11)16-17(13-4-1-2-5-15(13)31(25,29)30)26-27(8-3-9-28)18(16)19(22,23)24/h1-2,4-7,10,28H,3,8-9H2,(H2,25,29,30). The summed E-state index contributed by atoms with van der Waals surface area (Å²) in [5, 5.41) is 18.6. The molecule has 6 nitrogen and oxygen atoms in total. The van der Waals surface area contributed by atoms with Crippen molar-refractivity contribution in [2.24, 2.45) is 5.14 Å². The van der Waals surface area contributed by atoms with E-state index in [0.717, 1.165) is 0 Å². The molecule has 0 saturated heterocycles. The van der Waals surface area contributed by atoms with Gasteiger partial charge in [-0.25, -0.2) is 13.6 Å². The second-order valence-electron chi connectivity index (χ2n) is 6.54. The molecule has 31 heavy (non-hydrogen) atoms. The van der Waals surface area contributed by atoms with Crippen LogP contribution in [-0.4, -0.2) is 29.9 Å². The van der Waals surface area contributed by atoms with E-state index >= 15 is 0 Å². The van der Waals surface area contributed by atoms with Gasteiger partial charge < -0.3 is 5.11 Å². The van der Waals surface area contributed by atoms with Gasteiger partial charge in [-0.05, 0) is 24.6 Å². The maximum atomic E-state index is 14.2. The van der Waals surface area contributed by atoms with Crippen LogP contribution >= 0.6 is 23.2 Å². The Morgan fingerprint density at radius 3 is 2.35 bits per heavy atom. The molecular weight excluding hydrogens is 478 g/mol. The molecule has 0 atom stereocenters. The third-order valence-corrected chi connectivity index (χ3v) is 5.92. The normalized spacial score (nSPS) is 12.4. The number of benzene rings is 2. The summed E-state index contributed by atoms with van der Waals surface area (Å²) in [6, 6.07) is 9.28. The van der Waals surface area contributed by atoms with Gasteiger partial charge in [-0.2, -0.15) is 18.3 Å². The van der Waals surface area contributed by atoms with Crippen molar-refractivity contribution in [3.05, 3.63) is 58.2 Å². The van der Waals surface area contributed by atoms with Crippen molar-refractivity contribution in [3.8, 4) is 22.4 Å². The first-order valence-electron chi connectivity index (χ1n) is 8.81. The molecule has 0 spiro atoms. The lowest BCUT2D eigenvalue weighted by Crippen LogP contribution is -2.16. The highest BCUT2D eigenvalue weighted by Gasteiger charge is 2.41. The Morgan fingerprint density at radius 2 is 1.77 bits per heavy atom. The third kappa shape index (κ3) is 4.88. The van der Waals surface area contributed by atoms with Gasteiger partial charge >= 0.3 is 6.18 Å². The first-order valence-corrected chi connectivity index (χ1v) is 11.1. The average molecular weight is 494 g/mol. The van der Waals surface area contributed by atoms with E-state index < -0.39 is 27.5 Å². The molecule has 0 radical (unpaired) electrons. The molecule has 0 unspecified atom stereocenters. The predicted octanol–water partition coefficient (Wildman–Crippen LogP) is 4.57. The minimum Gasteiger partial charge on any atom is -0.396 e. The average Bonchev–Trinajstić information content (AvgIpc) is 3.05. The fraction of sp³-hybridized carbons (Fsp3) is 0.211. The van der Waals surface area contributed by atoms with E-state index in [4.69, 9.17) is 33.4 Å². The van der Waals surface area contributed by atoms with Crippen LogP contribution < -0.4 is 5.14 Å². The van der Waals surface area contributed by atoms with Crippen molar-refractivity contribution in [3.63, 3.8) is 0 Å². The number of aromatic nitrogens is 2. The SMILES string of the molecule is NS(=O)(=O)c1ccccc1-c1nn(CCCO)c(C(F)(F)F)c1-c1ccc(Cl)cc1Cl. The Kier molecular flexibility index (Phi) is 6.68. The molecular formula is C19H16Cl2F3N3O3S. The van der Waals surface area contributed by atoms with E-state index in [1.807, 2.05) is 0 Å². The highest BCUT2D eigenvalue weighted by Crippen LogP contribution is 2.46. The van der Waals surface area contributed by atoms with E-state index in [1.165, 1.54) is 42.5 Å². The number of nitrogens with zero attached hydrogens (tertiary/aromatic N) is 2. The number of hydrogen-bond donors (Lipinski definition) is 2. The first-order chi connectivity index (χ1) is 14.4. The smallest absolute Gasteiger partial charge is 0.396 e. The summed E-state index contributed by atoms with van der Waals surface area (Å²) in [5.41, 5.74) is -1.96. The molecule has 12 heteroatoms. The van der Waals surface area contributed by atoms with Gasteiger partial charge in [0.15, 0.2) is 5.69 Å². The highest BCUT2D eigenvalue weighted by molar-refractivity contribution is 7.89. The second-order valence-corrected chi connectivity index (χ2v) is 8.91. The molecule has 3 aromatic rings. The monoisotopic (exact) mass is 493 g/mol. The zero-order valence-electron chi connectivity index (χ0n) is 15.7. The largest absolute Gasteiger partial charge is 0.433 e. The van der Waals surface area contributed by atoms with Gasteiger partial charge in [0.25, 0.3) is 0 Å². The van der Waals surface area contributed by atoms with Crippen LogP contribution in [0, 0.1) is 0 Å². The summed E-state index contributed by atoms with van der Waals surface area (Å²) in [6.07, 6.45) is -4.87. The Labute approximate surface area is 186 Å². The number of nitrogens with two attached hydrogens (primary N) is 1. The summed E-state index contributed by atoms with van der Waals surface area (Å²) in [4.78, 5) is -0.387. The van der Waals surface area contributed by atoms with Crippen molar-refractivity contribution in [1.82, 2.24) is 9.78 Å². The number of aliphatic hydroxyl groups excluding tert-OH is 1. The molecule has 1 aromatic heterocycles. The van der Waals surface area contributed by atoms with E-state index in [-0.39, 0.29) is 51.3 Å². The molecule has 0 amide bonds. The lowest BCUT2D eigenvalue weighted by atomic mass is 9.98. The maximum Gasteiger partial charge on any atom is 0.433 e. The Bertz CT molecular complexity index is 1230. The Hall–Kier alpha value is -2.11. The Morgan fingerprint density at radius 1 is 1.10 bits per heavy atom. The topological polar surface area (TPSA) is 98.2 Å². The minimum absolute atomic E-state index is 0.00513. The molecule has 0 saturated carbocycles. The summed E-state index contributed by atoms with van der Waals surface area (Å²) in [7, 11) is -4.28. The van der Waals surface area contributed by atoms with E-state index in [0.29, 0.717) is 4.68 Å². The molecule has 166 valence electrons. The summed E-state index contributed by atoms with van der Waals surface area (Å²) < 4.78 is 67.4. The molecule has 1 heterocycles. The van der Waals surface area contributed by atoms with Crippen LogP contribution in [-0.2, 0) is 22.7 Å². The third-order valence-electron chi connectivity index (χ3n) is 4.40. The predicted molar refractivity (Wildman–Crippen MR) is 111 cm³/mol. The number of aryl methyl sites for hydroxylation is 1. The second kappa shape index (κ2) is 8.79. The van der Waals surface area contributed by atoms with Gasteiger partial charge in [0.2, 0.25) is 10.0 Å². The number of alkyl halides is 3. The van der Waals surface area contributed by atoms with E-state index in [2.05, 4.69) is 5.10 Å².